The first-order valence-electron chi connectivity index (χ1n) is 12.1. The molecule has 0 spiro atoms. The number of hydrogen-bond acceptors (Lipinski definition) is 4. The Morgan fingerprint density at radius 2 is 1.69 bits per heavy atom. The molecule has 1 aliphatic rings. The highest BCUT2D eigenvalue weighted by atomic mass is 19.4. The highest BCUT2D eigenvalue weighted by Gasteiger charge is 2.31. The van der Waals surface area contributed by atoms with Crippen molar-refractivity contribution in [3.05, 3.63) is 71.0 Å². The van der Waals surface area contributed by atoms with Gasteiger partial charge in [-0.2, -0.15) is 18.3 Å². The second kappa shape index (κ2) is 9.58. The van der Waals surface area contributed by atoms with Gasteiger partial charge >= 0.3 is 6.18 Å². The maximum absolute atomic E-state index is 13.2. The van der Waals surface area contributed by atoms with Crippen LogP contribution in [-0.4, -0.2) is 28.8 Å². The molecule has 0 aliphatic heterocycles. The molecule has 0 radical (unpaired) electrons. The molecule has 4 aromatic rings. The van der Waals surface area contributed by atoms with E-state index in [0.29, 0.717) is 23.7 Å². The number of aryl methyl sites for hydroxylation is 1. The zero-order valence-corrected chi connectivity index (χ0v) is 20.5. The number of halogens is 3. The summed E-state index contributed by atoms with van der Waals surface area (Å²) >= 11 is 0. The Balaban J connectivity index is 1.76. The Bertz CT molecular complexity index is 1380. The molecule has 0 saturated carbocycles. The summed E-state index contributed by atoms with van der Waals surface area (Å²) in [6, 6.07) is 13.0. The maximum Gasteiger partial charge on any atom is 0.416 e. The number of hydrogen-bond donors (Lipinski definition) is 0. The lowest BCUT2D eigenvalue weighted by molar-refractivity contribution is -0.137. The summed E-state index contributed by atoms with van der Waals surface area (Å²) in [7, 11) is 3.25. The molecule has 8 heteroatoms. The average Bonchev–Trinajstić information content (AvgIpc) is 3.25. The fourth-order valence-electron chi connectivity index (χ4n) is 5.08. The first-order valence-corrected chi connectivity index (χ1v) is 12.1. The molecule has 0 fully saturated rings. The summed E-state index contributed by atoms with van der Waals surface area (Å²) in [4.78, 5) is 5.07. The van der Waals surface area contributed by atoms with Crippen LogP contribution < -0.4 is 4.74 Å². The van der Waals surface area contributed by atoms with Crippen molar-refractivity contribution in [1.82, 2.24) is 14.6 Å². The molecule has 0 amide bonds. The Labute approximate surface area is 207 Å². The standard InChI is InChI=1S/C28H28F3N3O2/c1-4-17-5-14-24-22(15-17)26(19-6-10-20(11-7-19)28(29,30)31)32-27-25(23(16-35-2)33-34(24)27)18-8-12-21(36-3)13-9-18/h6-13,17H,4-5,14-16H2,1-3H3/t17-/m0/s1. The SMILES string of the molecule is CC[C@H]1CCc2c(c(-c3ccc(C(F)(F)F)cc3)nc3c(-c4ccc(OC)cc4)c(COC)nn23)C1. The van der Waals surface area contributed by atoms with Gasteiger partial charge in [0.2, 0.25) is 0 Å². The van der Waals surface area contributed by atoms with E-state index < -0.39 is 11.7 Å². The third-order valence-corrected chi connectivity index (χ3v) is 7.05. The highest BCUT2D eigenvalue weighted by molar-refractivity contribution is 5.82. The molecule has 2 aromatic carbocycles. The summed E-state index contributed by atoms with van der Waals surface area (Å²) in [6.45, 7) is 2.48. The molecule has 1 atom stereocenters. The van der Waals surface area contributed by atoms with Crippen molar-refractivity contribution in [2.24, 2.45) is 5.92 Å². The van der Waals surface area contributed by atoms with Gasteiger partial charge in [-0.15, -0.1) is 0 Å². The van der Waals surface area contributed by atoms with Crippen LogP contribution in [0.25, 0.3) is 28.0 Å². The van der Waals surface area contributed by atoms with Crippen LogP contribution in [-0.2, 0) is 30.4 Å². The summed E-state index contributed by atoms with van der Waals surface area (Å²) in [5.41, 5.74) is 6.08. The van der Waals surface area contributed by atoms with Crippen LogP contribution in [0.3, 0.4) is 0 Å². The topological polar surface area (TPSA) is 48.7 Å². The molecular weight excluding hydrogens is 467 g/mol. The first kappa shape index (κ1) is 24.3. The lowest BCUT2D eigenvalue weighted by atomic mass is 9.83. The predicted molar refractivity (Wildman–Crippen MR) is 132 cm³/mol. The van der Waals surface area contributed by atoms with Gasteiger partial charge in [0.25, 0.3) is 0 Å². The number of alkyl halides is 3. The van der Waals surface area contributed by atoms with Crippen molar-refractivity contribution in [2.45, 2.75) is 45.4 Å². The summed E-state index contributed by atoms with van der Waals surface area (Å²) in [5.74, 6) is 1.24. The van der Waals surface area contributed by atoms with E-state index in [-0.39, 0.29) is 0 Å². The van der Waals surface area contributed by atoms with E-state index in [1.54, 1.807) is 14.2 Å². The van der Waals surface area contributed by atoms with Crippen LogP contribution in [0, 0.1) is 5.92 Å². The van der Waals surface area contributed by atoms with Crippen LogP contribution in [0.1, 0.15) is 42.3 Å². The van der Waals surface area contributed by atoms with E-state index >= 15 is 0 Å². The van der Waals surface area contributed by atoms with Gasteiger partial charge in [-0.1, -0.05) is 37.6 Å². The third kappa shape index (κ3) is 4.34. The van der Waals surface area contributed by atoms with Crippen LogP contribution in [0.5, 0.6) is 5.75 Å². The van der Waals surface area contributed by atoms with Crippen molar-refractivity contribution < 1.29 is 22.6 Å². The Morgan fingerprint density at radius 3 is 2.31 bits per heavy atom. The van der Waals surface area contributed by atoms with E-state index in [2.05, 4.69) is 6.92 Å². The minimum absolute atomic E-state index is 0.312. The summed E-state index contributed by atoms with van der Waals surface area (Å²) < 4.78 is 52.4. The number of benzene rings is 2. The van der Waals surface area contributed by atoms with E-state index in [0.717, 1.165) is 77.3 Å². The predicted octanol–water partition coefficient (Wildman–Crippen LogP) is 6.75. The van der Waals surface area contributed by atoms with Gasteiger partial charge < -0.3 is 9.47 Å². The first-order chi connectivity index (χ1) is 17.3. The van der Waals surface area contributed by atoms with Gasteiger partial charge in [-0.25, -0.2) is 9.50 Å². The average molecular weight is 496 g/mol. The molecule has 1 aliphatic carbocycles. The summed E-state index contributed by atoms with van der Waals surface area (Å²) in [6.07, 6.45) is -0.661. The normalized spacial score (nSPS) is 15.8. The monoisotopic (exact) mass is 495 g/mol. The number of rotatable bonds is 6. The third-order valence-electron chi connectivity index (χ3n) is 7.05. The van der Waals surface area contributed by atoms with Crippen molar-refractivity contribution in [2.75, 3.05) is 14.2 Å². The van der Waals surface area contributed by atoms with E-state index in [1.807, 2.05) is 28.8 Å². The van der Waals surface area contributed by atoms with Crippen LogP contribution in [0.15, 0.2) is 48.5 Å². The fourth-order valence-corrected chi connectivity index (χ4v) is 5.08. The second-order valence-electron chi connectivity index (χ2n) is 9.20. The highest BCUT2D eigenvalue weighted by Crippen LogP contribution is 2.39. The quantitative estimate of drug-likeness (QED) is 0.297. The zero-order valence-electron chi connectivity index (χ0n) is 20.5. The Morgan fingerprint density at radius 1 is 1.00 bits per heavy atom. The smallest absolute Gasteiger partial charge is 0.416 e. The second-order valence-corrected chi connectivity index (χ2v) is 9.20. The number of ether oxygens (including phenoxy) is 2. The minimum atomic E-state index is -4.38. The zero-order chi connectivity index (χ0) is 25.4. The number of methoxy groups -OCH3 is 2. The van der Waals surface area contributed by atoms with Crippen molar-refractivity contribution in [3.8, 4) is 28.1 Å². The molecular formula is C28H28F3N3O2. The lowest BCUT2D eigenvalue weighted by Crippen LogP contribution is -2.19. The van der Waals surface area contributed by atoms with Gasteiger partial charge in [0.05, 0.1) is 36.2 Å². The molecule has 5 nitrogen and oxygen atoms in total. The lowest BCUT2D eigenvalue weighted by Gasteiger charge is -2.26. The molecule has 0 unspecified atom stereocenters. The van der Waals surface area contributed by atoms with Crippen molar-refractivity contribution >= 4 is 5.65 Å². The number of fused-ring (bicyclic) bond motifs is 3. The van der Waals surface area contributed by atoms with E-state index in [9.17, 15) is 13.2 Å². The Kier molecular flexibility index (Phi) is 6.47. The molecule has 0 bridgehead atoms. The van der Waals surface area contributed by atoms with Crippen molar-refractivity contribution in [3.63, 3.8) is 0 Å². The largest absolute Gasteiger partial charge is 0.497 e. The van der Waals surface area contributed by atoms with Gasteiger partial charge in [0.1, 0.15) is 5.75 Å². The molecule has 188 valence electrons. The molecule has 5 rings (SSSR count). The molecule has 0 N–H and O–H groups in total. The molecule has 0 saturated heterocycles. The van der Waals surface area contributed by atoms with Gasteiger partial charge in [0, 0.05) is 23.9 Å². The van der Waals surface area contributed by atoms with Gasteiger partial charge in [-0.3, -0.25) is 0 Å². The molecule has 2 heterocycles. The van der Waals surface area contributed by atoms with Crippen LogP contribution in [0.2, 0.25) is 0 Å². The van der Waals surface area contributed by atoms with Crippen LogP contribution >= 0.6 is 0 Å². The Hall–Kier alpha value is -3.39. The van der Waals surface area contributed by atoms with E-state index in [4.69, 9.17) is 19.6 Å². The van der Waals surface area contributed by atoms with Crippen LogP contribution in [0.4, 0.5) is 13.2 Å². The van der Waals surface area contributed by atoms with E-state index in [1.165, 1.54) is 12.1 Å². The van der Waals surface area contributed by atoms with Gasteiger partial charge in [-0.05, 0) is 55.0 Å². The molecule has 2 aromatic heterocycles. The number of aromatic nitrogens is 3. The summed E-state index contributed by atoms with van der Waals surface area (Å²) in [5, 5.41) is 4.92. The number of nitrogens with zero attached hydrogens (tertiary/aromatic N) is 3. The minimum Gasteiger partial charge on any atom is -0.497 e. The molecule has 36 heavy (non-hydrogen) atoms. The van der Waals surface area contributed by atoms with Gasteiger partial charge in [0.15, 0.2) is 5.65 Å². The van der Waals surface area contributed by atoms with Crippen molar-refractivity contribution in [1.29, 1.82) is 0 Å². The maximum atomic E-state index is 13.2. The fraction of sp³-hybridized carbons (Fsp3) is 0.357.